The number of benzene rings is 2. The first-order valence-electron chi connectivity index (χ1n) is 10.1. The van der Waals surface area contributed by atoms with Crippen molar-refractivity contribution in [3.8, 4) is 0 Å². The molecule has 2 aromatic carbocycles. The fourth-order valence-corrected chi connectivity index (χ4v) is 3.59. The number of rotatable bonds is 7. The van der Waals surface area contributed by atoms with E-state index in [1.807, 2.05) is 4.90 Å². The van der Waals surface area contributed by atoms with Crippen molar-refractivity contribution in [2.45, 2.75) is 45.8 Å². The molecule has 1 heterocycles. The summed E-state index contributed by atoms with van der Waals surface area (Å²) >= 11 is 0. The number of nitrogens with one attached hydrogen (secondary N) is 2. The lowest BCUT2D eigenvalue weighted by atomic mass is 10.1. The summed E-state index contributed by atoms with van der Waals surface area (Å²) in [5, 5.41) is 6.78. The topological polar surface area (TPSA) is 56.7 Å². The van der Waals surface area contributed by atoms with E-state index in [9.17, 15) is 4.79 Å². The fraction of sp³-hybridized carbons (Fsp3) is 0.391. The van der Waals surface area contributed by atoms with Crippen molar-refractivity contribution in [3.63, 3.8) is 0 Å². The molecule has 0 aliphatic carbocycles. The highest BCUT2D eigenvalue weighted by Gasteiger charge is 2.19. The van der Waals surface area contributed by atoms with Crippen LogP contribution in [0.4, 0.5) is 0 Å². The SMILES string of the molecule is CCc1ccccc1CNC(=NC)NCc1cccc(CN2CCCC2=O)c1.I. The van der Waals surface area contributed by atoms with Gasteiger partial charge in [-0.2, -0.15) is 0 Å². The van der Waals surface area contributed by atoms with Gasteiger partial charge in [0, 0.05) is 39.6 Å². The maximum atomic E-state index is 11.8. The Balaban J connectivity index is 0.00000300. The molecular weight excluding hydrogens is 475 g/mol. The summed E-state index contributed by atoms with van der Waals surface area (Å²) in [7, 11) is 1.79. The van der Waals surface area contributed by atoms with Crippen LogP contribution in [-0.2, 0) is 30.8 Å². The monoisotopic (exact) mass is 506 g/mol. The van der Waals surface area contributed by atoms with Gasteiger partial charge in [0.25, 0.3) is 0 Å². The fourth-order valence-electron chi connectivity index (χ4n) is 3.59. The molecule has 0 saturated carbocycles. The van der Waals surface area contributed by atoms with Crippen LogP contribution in [0.1, 0.15) is 42.0 Å². The van der Waals surface area contributed by atoms with Gasteiger partial charge >= 0.3 is 0 Å². The number of carbonyl (C=O) groups excluding carboxylic acids is 1. The van der Waals surface area contributed by atoms with E-state index in [-0.39, 0.29) is 29.9 Å². The molecule has 0 unspecified atom stereocenters. The maximum Gasteiger partial charge on any atom is 0.222 e. The quantitative estimate of drug-likeness (QED) is 0.341. The van der Waals surface area contributed by atoms with Crippen molar-refractivity contribution < 1.29 is 4.79 Å². The Hall–Kier alpha value is -2.09. The first-order valence-corrected chi connectivity index (χ1v) is 10.1. The van der Waals surface area contributed by atoms with Gasteiger partial charge in [-0.1, -0.05) is 55.5 Å². The summed E-state index contributed by atoms with van der Waals surface area (Å²) in [6.07, 6.45) is 2.68. The summed E-state index contributed by atoms with van der Waals surface area (Å²) in [6, 6.07) is 16.9. The average Bonchev–Trinajstić information content (AvgIpc) is 3.13. The van der Waals surface area contributed by atoms with Crippen LogP contribution in [0.3, 0.4) is 0 Å². The van der Waals surface area contributed by atoms with Crippen molar-refractivity contribution in [1.82, 2.24) is 15.5 Å². The highest BCUT2D eigenvalue weighted by Crippen LogP contribution is 2.15. The molecule has 0 radical (unpaired) electrons. The third-order valence-electron chi connectivity index (χ3n) is 5.17. The predicted molar refractivity (Wildman–Crippen MR) is 129 cm³/mol. The number of carbonyl (C=O) groups is 1. The Labute approximate surface area is 191 Å². The predicted octanol–water partition coefficient (Wildman–Crippen LogP) is 3.85. The van der Waals surface area contributed by atoms with Gasteiger partial charge in [0.1, 0.15) is 0 Å². The number of guanidine groups is 1. The van der Waals surface area contributed by atoms with Crippen molar-refractivity contribution in [1.29, 1.82) is 0 Å². The van der Waals surface area contributed by atoms with Crippen LogP contribution in [0.2, 0.25) is 0 Å². The number of amides is 1. The van der Waals surface area contributed by atoms with Crippen molar-refractivity contribution >= 4 is 35.8 Å². The lowest BCUT2D eigenvalue weighted by Gasteiger charge is -2.17. The molecule has 0 spiro atoms. The number of aryl methyl sites for hydroxylation is 1. The smallest absolute Gasteiger partial charge is 0.222 e. The molecule has 2 aromatic rings. The Morgan fingerprint density at radius 3 is 2.45 bits per heavy atom. The minimum atomic E-state index is 0. The molecule has 6 heteroatoms. The molecule has 3 rings (SSSR count). The van der Waals surface area contributed by atoms with Crippen LogP contribution in [0.5, 0.6) is 0 Å². The molecular formula is C23H31IN4O. The van der Waals surface area contributed by atoms with Crippen molar-refractivity contribution in [3.05, 3.63) is 70.8 Å². The maximum absolute atomic E-state index is 11.8. The Bertz CT molecular complexity index is 837. The van der Waals surface area contributed by atoms with Gasteiger partial charge < -0.3 is 15.5 Å². The largest absolute Gasteiger partial charge is 0.352 e. The molecule has 0 aromatic heterocycles. The van der Waals surface area contributed by atoms with Gasteiger partial charge in [-0.15, -0.1) is 24.0 Å². The van der Waals surface area contributed by atoms with E-state index >= 15 is 0 Å². The zero-order valence-electron chi connectivity index (χ0n) is 17.3. The van der Waals surface area contributed by atoms with Gasteiger partial charge in [0.05, 0.1) is 0 Å². The van der Waals surface area contributed by atoms with E-state index in [1.165, 1.54) is 22.3 Å². The molecule has 1 aliphatic rings. The molecule has 0 atom stereocenters. The normalized spacial score (nSPS) is 13.9. The third-order valence-corrected chi connectivity index (χ3v) is 5.17. The van der Waals surface area contributed by atoms with Gasteiger partial charge in [-0.25, -0.2) is 0 Å². The van der Waals surface area contributed by atoms with Crippen LogP contribution in [0, 0.1) is 0 Å². The van der Waals surface area contributed by atoms with Crippen molar-refractivity contribution in [2.75, 3.05) is 13.6 Å². The van der Waals surface area contributed by atoms with Gasteiger partial charge in [-0.05, 0) is 35.1 Å². The summed E-state index contributed by atoms with van der Waals surface area (Å²) in [6.45, 7) is 5.19. The Kier molecular flexibility index (Phi) is 9.44. The van der Waals surface area contributed by atoms with E-state index in [0.717, 1.165) is 31.9 Å². The first-order chi connectivity index (χ1) is 13.7. The molecule has 1 saturated heterocycles. The highest BCUT2D eigenvalue weighted by molar-refractivity contribution is 14.0. The number of aliphatic imine (C=N–C) groups is 1. The molecule has 0 bridgehead atoms. The van der Waals surface area contributed by atoms with Crippen LogP contribution in [0.25, 0.3) is 0 Å². The minimum absolute atomic E-state index is 0. The summed E-state index contributed by atoms with van der Waals surface area (Å²) in [5.74, 6) is 1.05. The van der Waals surface area contributed by atoms with Crippen LogP contribution in [0.15, 0.2) is 53.5 Å². The van der Waals surface area contributed by atoms with E-state index in [0.29, 0.717) is 19.5 Å². The number of halogens is 1. The van der Waals surface area contributed by atoms with Gasteiger partial charge in [-0.3, -0.25) is 9.79 Å². The van der Waals surface area contributed by atoms with E-state index in [4.69, 9.17) is 0 Å². The molecule has 1 fully saturated rings. The number of likely N-dealkylation sites (tertiary alicyclic amines) is 1. The molecule has 2 N–H and O–H groups in total. The van der Waals surface area contributed by atoms with Gasteiger partial charge in [0.15, 0.2) is 5.96 Å². The highest BCUT2D eigenvalue weighted by atomic mass is 127. The third kappa shape index (κ3) is 6.73. The second-order valence-electron chi connectivity index (χ2n) is 7.14. The summed E-state index contributed by atoms with van der Waals surface area (Å²) in [5.41, 5.74) is 5.01. The number of hydrogen-bond acceptors (Lipinski definition) is 2. The zero-order valence-corrected chi connectivity index (χ0v) is 19.6. The number of nitrogens with zero attached hydrogens (tertiary/aromatic N) is 2. The Morgan fingerprint density at radius 1 is 1.03 bits per heavy atom. The van der Waals surface area contributed by atoms with E-state index < -0.39 is 0 Å². The molecule has 1 aliphatic heterocycles. The second kappa shape index (κ2) is 11.8. The number of hydrogen-bond donors (Lipinski definition) is 2. The second-order valence-corrected chi connectivity index (χ2v) is 7.14. The lowest BCUT2D eigenvalue weighted by Crippen LogP contribution is -2.36. The molecule has 29 heavy (non-hydrogen) atoms. The van der Waals surface area contributed by atoms with E-state index in [2.05, 4.69) is 71.1 Å². The van der Waals surface area contributed by atoms with Crippen LogP contribution >= 0.6 is 24.0 Å². The van der Waals surface area contributed by atoms with Gasteiger partial charge in [0.2, 0.25) is 5.91 Å². The van der Waals surface area contributed by atoms with Crippen molar-refractivity contribution in [2.24, 2.45) is 4.99 Å². The Morgan fingerprint density at radius 2 is 1.76 bits per heavy atom. The standard InChI is InChI=1S/C23H30N4O.HI/c1-3-20-10-4-5-11-21(20)16-26-23(24-2)25-15-18-8-6-9-19(14-18)17-27-13-7-12-22(27)28;/h4-6,8-11,14H,3,7,12-13,15-17H2,1-2H3,(H2,24,25,26);1H. The molecule has 1 amide bonds. The average molecular weight is 506 g/mol. The minimum Gasteiger partial charge on any atom is -0.352 e. The zero-order chi connectivity index (χ0) is 19.8. The molecule has 5 nitrogen and oxygen atoms in total. The van der Waals surface area contributed by atoms with E-state index in [1.54, 1.807) is 7.05 Å². The lowest BCUT2D eigenvalue weighted by molar-refractivity contribution is -0.128. The summed E-state index contributed by atoms with van der Waals surface area (Å²) in [4.78, 5) is 18.1. The van der Waals surface area contributed by atoms with Crippen LogP contribution < -0.4 is 10.6 Å². The van der Waals surface area contributed by atoms with Crippen LogP contribution in [-0.4, -0.2) is 30.4 Å². The first kappa shape index (κ1) is 23.2. The molecule has 156 valence electrons. The summed E-state index contributed by atoms with van der Waals surface area (Å²) < 4.78 is 0.